The molecule has 0 spiro atoms. The fourth-order valence-corrected chi connectivity index (χ4v) is 2.33. The Morgan fingerprint density at radius 1 is 0.920 bits per heavy atom. The minimum absolute atomic E-state index is 0.0265. The number of aromatic nitrogens is 2. The van der Waals surface area contributed by atoms with Gasteiger partial charge in [0.2, 0.25) is 5.88 Å². The maximum atomic E-state index is 11.7. The summed E-state index contributed by atoms with van der Waals surface area (Å²) in [6.45, 7) is 0. The maximum Gasteiger partial charge on any atom is 0.366 e. The largest absolute Gasteiger partial charge is 0.497 e. The molecule has 2 aromatic carbocycles. The highest BCUT2D eigenvalue weighted by Crippen LogP contribution is 2.27. The van der Waals surface area contributed by atoms with Crippen LogP contribution in [0.5, 0.6) is 17.4 Å². The summed E-state index contributed by atoms with van der Waals surface area (Å²) in [6, 6.07) is 15.8. The van der Waals surface area contributed by atoms with Crippen molar-refractivity contribution < 1.29 is 14.7 Å². The number of ether oxygens (including phenoxy) is 2. The molecule has 0 fully saturated rings. The SMILES string of the molecule is COc1cccc(-c2ccc(Oc3cc(=O)n(O)c(=O)n3C)cc2)c1. The molecule has 1 N–H and O–H groups in total. The number of rotatable bonds is 4. The minimum atomic E-state index is -0.879. The van der Waals surface area contributed by atoms with Gasteiger partial charge in [0.1, 0.15) is 11.5 Å². The maximum absolute atomic E-state index is 11.7. The van der Waals surface area contributed by atoms with E-state index in [2.05, 4.69) is 0 Å². The van der Waals surface area contributed by atoms with Crippen LogP contribution in [0.25, 0.3) is 11.1 Å². The fraction of sp³-hybridized carbons (Fsp3) is 0.111. The average Bonchev–Trinajstić information content (AvgIpc) is 2.65. The van der Waals surface area contributed by atoms with Crippen molar-refractivity contribution in [3.8, 4) is 28.5 Å². The highest BCUT2D eigenvalue weighted by molar-refractivity contribution is 5.65. The Kier molecular flexibility index (Phi) is 4.30. The topological polar surface area (TPSA) is 82.7 Å². The normalized spacial score (nSPS) is 10.5. The lowest BCUT2D eigenvalue weighted by Crippen LogP contribution is -2.37. The Morgan fingerprint density at radius 2 is 1.64 bits per heavy atom. The van der Waals surface area contributed by atoms with Crippen LogP contribution >= 0.6 is 0 Å². The summed E-state index contributed by atoms with van der Waals surface area (Å²) in [4.78, 5) is 23.2. The van der Waals surface area contributed by atoms with E-state index in [1.165, 1.54) is 7.05 Å². The van der Waals surface area contributed by atoms with Crippen LogP contribution in [0.3, 0.4) is 0 Å². The Labute approximate surface area is 142 Å². The van der Waals surface area contributed by atoms with Gasteiger partial charge >= 0.3 is 5.69 Å². The number of methoxy groups -OCH3 is 1. The van der Waals surface area contributed by atoms with Crippen LogP contribution in [0, 0.1) is 0 Å². The van der Waals surface area contributed by atoms with Gasteiger partial charge in [0.15, 0.2) is 0 Å². The van der Waals surface area contributed by atoms with E-state index in [0.717, 1.165) is 27.5 Å². The summed E-state index contributed by atoms with van der Waals surface area (Å²) >= 11 is 0. The highest BCUT2D eigenvalue weighted by atomic mass is 16.5. The molecule has 0 amide bonds. The van der Waals surface area contributed by atoms with Crippen molar-refractivity contribution in [3.63, 3.8) is 0 Å². The lowest BCUT2D eigenvalue weighted by Gasteiger charge is -2.11. The second kappa shape index (κ2) is 6.56. The standard InChI is InChI=1S/C18H16N2O5/c1-19-17(11-16(21)20(23)18(19)22)25-14-8-6-12(7-9-14)13-4-3-5-15(10-13)24-2/h3-11,23H,1-2H3. The van der Waals surface area contributed by atoms with E-state index in [-0.39, 0.29) is 10.6 Å². The Hall–Kier alpha value is -3.48. The third kappa shape index (κ3) is 3.25. The average molecular weight is 340 g/mol. The van der Waals surface area contributed by atoms with Crippen LogP contribution < -0.4 is 20.7 Å². The molecule has 0 unspecified atom stereocenters. The zero-order chi connectivity index (χ0) is 18.0. The van der Waals surface area contributed by atoms with E-state index in [1.54, 1.807) is 19.2 Å². The van der Waals surface area contributed by atoms with Gasteiger partial charge in [0.25, 0.3) is 5.56 Å². The van der Waals surface area contributed by atoms with Gasteiger partial charge in [-0.05, 0) is 35.4 Å². The zero-order valence-electron chi connectivity index (χ0n) is 13.7. The molecular formula is C18H16N2O5. The molecule has 0 saturated heterocycles. The van der Waals surface area contributed by atoms with Gasteiger partial charge in [-0.2, -0.15) is 0 Å². The van der Waals surface area contributed by atoms with Gasteiger partial charge < -0.3 is 14.7 Å². The second-order valence-corrected chi connectivity index (χ2v) is 5.33. The zero-order valence-corrected chi connectivity index (χ0v) is 13.7. The van der Waals surface area contributed by atoms with Crippen molar-refractivity contribution in [1.82, 2.24) is 9.30 Å². The predicted octanol–water partition coefficient (Wildman–Crippen LogP) is 2.25. The summed E-state index contributed by atoms with van der Waals surface area (Å²) in [7, 11) is 3.01. The molecule has 3 aromatic rings. The van der Waals surface area contributed by atoms with Crippen LogP contribution in [0.2, 0.25) is 0 Å². The molecule has 0 aliphatic rings. The number of benzene rings is 2. The molecule has 0 saturated carbocycles. The molecular weight excluding hydrogens is 324 g/mol. The first kappa shape index (κ1) is 16.4. The molecule has 0 aliphatic carbocycles. The molecule has 0 radical (unpaired) electrons. The van der Waals surface area contributed by atoms with Crippen LogP contribution in [-0.2, 0) is 7.05 Å². The molecule has 128 valence electrons. The van der Waals surface area contributed by atoms with Crippen molar-refractivity contribution in [1.29, 1.82) is 0 Å². The molecule has 7 nitrogen and oxygen atoms in total. The quantitative estimate of drug-likeness (QED) is 0.737. The van der Waals surface area contributed by atoms with Gasteiger partial charge in [-0.15, -0.1) is 0 Å². The van der Waals surface area contributed by atoms with Crippen molar-refractivity contribution in [2.45, 2.75) is 0 Å². The first-order valence-electron chi connectivity index (χ1n) is 7.44. The van der Waals surface area contributed by atoms with Gasteiger partial charge in [0.05, 0.1) is 13.2 Å². The Balaban J connectivity index is 1.89. The van der Waals surface area contributed by atoms with Crippen molar-refractivity contribution >= 4 is 0 Å². The molecule has 3 rings (SSSR count). The van der Waals surface area contributed by atoms with Gasteiger partial charge in [-0.3, -0.25) is 9.36 Å². The van der Waals surface area contributed by atoms with Gasteiger partial charge in [-0.1, -0.05) is 29.0 Å². The van der Waals surface area contributed by atoms with Crippen molar-refractivity contribution in [2.75, 3.05) is 7.11 Å². The smallest absolute Gasteiger partial charge is 0.366 e. The highest BCUT2D eigenvalue weighted by Gasteiger charge is 2.09. The molecule has 0 atom stereocenters. The molecule has 1 aromatic heterocycles. The molecule has 25 heavy (non-hydrogen) atoms. The van der Waals surface area contributed by atoms with Crippen molar-refractivity contribution in [2.24, 2.45) is 7.05 Å². The van der Waals surface area contributed by atoms with Crippen molar-refractivity contribution in [3.05, 3.63) is 75.4 Å². The monoisotopic (exact) mass is 340 g/mol. The molecule has 1 heterocycles. The van der Waals surface area contributed by atoms with E-state index in [1.807, 2.05) is 36.4 Å². The summed E-state index contributed by atoms with van der Waals surface area (Å²) < 4.78 is 11.9. The summed E-state index contributed by atoms with van der Waals surface area (Å²) in [5.74, 6) is 1.25. The van der Waals surface area contributed by atoms with E-state index in [0.29, 0.717) is 5.75 Å². The number of hydrogen-bond acceptors (Lipinski definition) is 5. The van der Waals surface area contributed by atoms with Gasteiger partial charge in [-0.25, -0.2) is 4.79 Å². The van der Waals surface area contributed by atoms with E-state index in [4.69, 9.17) is 9.47 Å². The summed E-state index contributed by atoms with van der Waals surface area (Å²) in [6.07, 6.45) is 0. The predicted molar refractivity (Wildman–Crippen MR) is 91.6 cm³/mol. The first-order chi connectivity index (χ1) is 12.0. The molecule has 7 heteroatoms. The van der Waals surface area contributed by atoms with E-state index < -0.39 is 11.2 Å². The third-order valence-corrected chi connectivity index (χ3v) is 3.73. The third-order valence-electron chi connectivity index (χ3n) is 3.73. The second-order valence-electron chi connectivity index (χ2n) is 5.33. The first-order valence-corrected chi connectivity index (χ1v) is 7.44. The number of hydrogen-bond donors (Lipinski definition) is 1. The van der Waals surface area contributed by atoms with Gasteiger partial charge in [0, 0.05) is 7.05 Å². The lowest BCUT2D eigenvalue weighted by molar-refractivity contribution is 0.153. The summed E-state index contributed by atoms with van der Waals surface area (Å²) in [5.41, 5.74) is 0.216. The summed E-state index contributed by atoms with van der Waals surface area (Å²) in [5, 5.41) is 9.29. The Morgan fingerprint density at radius 3 is 2.32 bits per heavy atom. The van der Waals surface area contributed by atoms with E-state index in [9.17, 15) is 14.8 Å². The van der Waals surface area contributed by atoms with Crippen LogP contribution in [0.4, 0.5) is 0 Å². The van der Waals surface area contributed by atoms with Crippen LogP contribution in [-0.4, -0.2) is 21.6 Å². The van der Waals surface area contributed by atoms with Crippen LogP contribution in [0.1, 0.15) is 0 Å². The van der Waals surface area contributed by atoms with Crippen LogP contribution in [0.15, 0.2) is 64.2 Å². The fourth-order valence-electron chi connectivity index (χ4n) is 2.33. The molecule has 0 aliphatic heterocycles. The molecule has 0 bridgehead atoms. The minimum Gasteiger partial charge on any atom is -0.497 e. The Bertz CT molecular complexity index is 1020. The lowest BCUT2D eigenvalue weighted by atomic mass is 10.1. The van der Waals surface area contributed by atoms with E-state index >= 15 is 0 Å². The number of nitrogens with zero attached hydrogens (tertiary/aromatic N) is 2.